The summed E-state index contributed by atoms with van der Waals surface area (Å²) < 4.78 is 61.3. The van der Waals surface area contributed by atoms with Gasteiger partial charge in [-0.15, -0.1) is 0 Å². The molecule has 0 aliphatic heterocycles. The molecule has 0 saturated carbocycles. The lowest BCUT2D eigenvalue weighted by Crippen LogP contribution is -1.94. The normalized spacial score (nSPS) is 20.1. The quantitative estimate of drug-likeness (QED) is 0.773. The van der Waals surface area contributed by atoms with Gasteiger partial charge in [-0.25, -0.2) is 9.97 Å². The summed E-state index contributed by atoms with van der Waals surface area (Å²) in [5, 5.41) is 0. The van der Waals surface area contributed by atoms with E-state index in [2.05, 4.69) is 25.9 Å². The first kappa shape index (κ1) is 3.20. The van der Waals surface area contributed by atoms with Crippen LogP contribution in [0.4, 0.5) is 0 Å². The van der Waals surface area contributed by atoms with Crippen molar-refractivity contribution in [2.24, 2.45) is 0 Å². The van der Waals surface area contributed by atoms with Crippen LogP contribution in [0.5, 0.6) is 0 Å². The molecular weight excluding hydrogens is 230 g/mol. The van der Waals surface area contributed by atoms with Crippen molar-refractivity contribution in [2.45, 2.75) is 6.85 Å². The minimum atomic E-state index is -2.74. The number of aryl methyl sites for hydroxylation is 1. The van der Waals surface area contributed by atoms with Gasteiger partial charge in [0.25, 0.3) is 0 Å². The summed E-state index contributed by atoms with van der Waals surface area (Å²) in [6.45, 7) is -2.74. The predicted octanol–water partition coefficient (Wildman–Crippen LogP) is 2.34. The highest BCUT2D eigenvalue weighted by Gasteiger charge is 1.98. The zero-order valence-electron chi connectivity index (χ0n) is 14.2. The van der Waals surface area contributed by atoms with Crippen molar-refractivity contribution < 1.29 is 11.0 Å². The van der Waals surface area contributed by atoms with Crippen molar-refractivity contribution >= 4 is 15.9 Å². The summed E-state index contributed by atoms with van der Waals surface area (Å²) in [5.74, 6) is -0.379. The summed E-state index contributed by atoms with van der Waals surface area (Å²) in [6.07, 6.45) is -0.726. The van der Waals surface area contributed by atoms with Crippen LogP contribution >= 0.6 is 15.9 Å². The fourth-order valence-electron chi connectivity index (χ4n) is 0.751. The zero-order valence-corrected chi connectivity index (χ0v) is 7.81. The Morgan fingerprint density at radius 2 is 2.54 bits per heavy atom. The number of pyridine rings is 1. The van der Waals surface area contributed by atoms with Crippen LogP contribution in [0.1, 0.15) is 16.7 Å². The van der Waals surface area contributed by atoms with E-state index in [0.29, 0.717) is 0 Å². The number of rotatable bonds is 1. The number of nitrogens with zero attached hydrogens (tertiary/aromatic N) is 3. The highest BCUT2D eigenvalue weighted by atomic mass is 79.9. The molecule has 0 saturated heterocycles. The van der Waals surface area contributed by atoms with Gasteiger partial charge in [0.15, 0.2) is 0 Å². The first-order chi connectivity index (χ1) is 9.55. The molecule has 0 bridgehead atoms. The van der Waals surface area contributed by atoms with Gasteiger partial charge in [0, 0.05) is 16.0 Å². The Hall–Kier alpha value is -1.16. The van der Waals surface area contributed by atoms with E-state index in [1.54, 1.807) is 0 Å². The van der Waals surface area contributed by atoms with Crippen molar-refractivity contribution in [3.63, 3.8) is 0 Å². The van der Waals surface area contributed by atoms with E-state index in [-0.39, 0.29) is 16.6 Å². The molecule has 0 atom stereocenters. The first-order valence-electron chi connectivity index (χ1n) is 7.25. The molecule has 2 rings (SSSR count). The van der Waals surface area contributed by atoms with Crippen molar-refractivity contribution in [1.82, 2.24) is 14.5 Å². The van der Waals surface area contributed by atoms with E-state index in [0.717, 1.165) is 4.57 Å². The molecule has 4 heteroatoms. The van der Waals surface area contributed by atoms with Crippen LogP contribution < -0.4 is 0 Å². The van der Waals surface area contributed by atoms with Crippen LogP contribution in [-0.2, 0) is 0 Å². The van der Waals surface area contributed by atoms with Crippen molar-refractivity contribution in [3.05, 3.63) is 40.9 Å². The third kappa shape index (κ3) is 1.78. The molecule has 2 heterocycles. The number of hydrogen-bond donors (Lipinski definition) is 0. The maximum Gasteiger partial charge on any atom is 0.138 e. The molecular formula is C9H8BrN3. The van der Waals surface area contributed by atoms with Crippen molar-refractivity contribution in [3.8, 4) is 5.82 Å². The SMILES string of the molecule is [2H]c1c(-n2c([2H])nc(Br)c2[2H])nc(C([2H])([2H])[2H])c([2H])c1[2H]. The summed E-state index contributed by atoms with van der Waals surface area (Å²) >= 11 is 2.96. The smallest absolute Gasteiger partial charge is 0.138 e. The maximum absolute atomic E-state index is 7.79. The molecule has 0 spiro atoms. The van der Waals surface area contributed by atoms with Crippen LogP contribution in [0.25, 0.3) is 5.82 Å². The Kier molecular flexibility index (Phi) is 0.813. The van der Waals surface area contributed by atoms with Gasteiger partial charge in [-0.1, -0.05) is 6.04 Å². The van der Waals surface area contributed by atoms with Gasteiger partial charge in [0.2, 0.25) is 0 Å². The Labute approximate surface area is 95.8 Å². The second kappa shape index (κ2) is 3.30. The highest BCUT2D eigenvalue weighted by molar-refractivity contribution is 9.10. The van der Waals surface area contributed by atoms with Crippen LogP contribution in [0.3, 0.4) is 0 Å². The number of imidazole rings is 1. The van der Waals surface area contributed by atoms with Gasteiger partial charge in [-0.3, -0.25) is 4.57 Å². The van der Waals surface area contributed by atoms with Crippen LogP contribution in [-0.4, -0.2) is 14.5 Å². The van der Waals surface area contributed by atoms with E-state index in [9.17, 15) is 0 Å². The van der Waals surface area contributed by atoms with E-state index in [1.165, 1.54) is 0 Å². The van der Waals surface area contributed by atoms with Gasteiger partial charge in [-0.2, -0.15) is 0 Å². The molecule has 0 aromatic carbocycles. The molecule has 0 unspecified atom stereocenters. The molecule has 0 aliphatic rings. The molecule has 0 amide bonds. The molecule has 2 aromatic rings. The summed E-state index contributed by atoms with van der Waals surface area (Å²) in [6, 6.07) is -1.84. The Balaban J connectivity index is 2.85. The predicted molar refractivity (Wildman–Crippen MR) is 53.8 cm³/mol. The largest absolute Gasteiger partial charge is 0.289 e. The first-order valence-corrected chi connectivity index (χ1v) is 4.05. The summed E-state index contributed by atoms with van der Waals surface area (Å²) in [5.41, 5.74) is -0.651. The molecule has 0 fully saturated rings. The molecule has 0 aliphatic carbocycles. The lowest BCUT2D eigenvalue weighted by molar-refractivity contribution is 0.975. The van der Waals surface area contributed by atoms with E-state index in [4.69, 9.17) is 11.0 Å². The fraction of sp³-hybridized carbons (Fsp3) is 0.111. The van der Waals surface area contributed by atoms with Crippen molar-refractivity contribution in [1.29, 1.82) is 0 Å². The minimum Gasteiger partial charge on any atom is -0.289 e. The molecule has 3 nitrogen and oxygen atoms in total. The second-order valence-corrected chi connectivity index (χ2v) is 2.86. The molecule has 0 N–H and O–H groups in total. The van der Waals surface area contributed by atoms with E-state index < -0.39 is 37.0 Å². The topological polar surface area (TPSA) is 30.7 Å². The Morgan fingerprint density at radius 1 is 1.62 bits per heavy atom. The standard InChI is InChI=1S/C9H8BrN3/c1-7-3-2-4-9(12-7)13-5-8(10)11-6-13/h2-6H,1H3/i1D3,2D,3D,4D,5D,6D. The Morgan fingerprint density at radius 3 is 3.23 bits per heavy atom. The van der Waals surface area contributed by atoms with Gasteiger partial charge < -0.3 is 0 Å². The summed E-state index contributed by atoms with van der Waals surface area (Å²) in [7, 11) is 0. The van der Waals surface area contributed by atoms with E-state index in [1.807, 2.05) is 0 Å². The molecule has 2 aromatic heterocycles. The molecule has 0 radical (unpaired) electrons. The van der Waals surface area contributed by atoms with Gasteiger partial charge in [-0.05, 0) is 34.9 Å². The monoisotopic (exact) mass is 245 g/mol. The van der Waals surface area contributed by atoms with Crippen LogP contribution in [0.2, 0.25) is 0 Å². The van der Waals surface area contributed by atoms with E-state index >= 15 is 0 Å². The van der Waals surface area contributed by atoms with Crippen LogP contribution in [0.15, 0.2) is 35.2 Å². The number of aromatic nitrogens is 3. The lowest BCUT2D eigenvalue weighted by Gasteiger charge is -2.00. The third-order valence-electron chi connectivity index (χ3n) is 1.24. The van der Waals surface area contributed by atoms with Crippen molar-refractivity contribution in [2.75, 3.05) is 0 Å². The third-order valence-corrected chi connectivity index (χ3v) is 1.59. The average molecular weight is 246 g/mol. The number of hydrogen-bond acceptors (Lipinski definition) is 2. The van der Waals surface area contributed by atoms with Crippen LogP contribution in [0, 0.1) is 6.85 Å². The van der Waals surface area contributed by atoms with Gasteiger partial charge in [0.1, 0.15) is 18.1 Å². The molecule has 13 heavy (non-hydrogen) atoms. The lowest BCUT2D eigenvalue weighted by atomic mass is 10.4. The highest BCUT2D eigenvalue weighted by Crippen LogP contribution is 2.10. The Bertz CT molecular complexity index is 723. The summed E-state index contributed by atoms with van der Waals surface area (Å²) in [4.78, 5) is 7.37. The average Bonchev–Trinajstić information content (AvgIpc) is 2.60. The minimum absolute atomic E-state index is 0.0330. The molecule has 66 valence electrons. The maximum atomic E-state index is 7.79. The zero-order chi connectivity index (χ0) is 16.1. The second-order valence-electron chi connectivity index (χ2n) is 2.11. The van der Waals surface area contributed by atoms with Gasteiger partial charge in [0.05, 0.1) is 5.48 Å². The van der Waals surface area contributed by atoms with Gasteiger partial charge >= 0.3 is 0 Å². The number of halogens is 1. The fourth-order valence-corrected chi connectivity index (χ4v) is 1.01.